The summed E-state index contributed by atoms with van der Waals surface area (Å²) in [5, 5.41) is 2.60. The molecule has 2 aromatic rings. The van der Waals surface area contributed by atoms with Crippen molar-refractivity contribution in [1.82, 2.24) is 9.80 Å². The molecule has 2 heterocycles. The van der Waals surface area contributed by atoms with Gasteiger partial charge in [0.25, 0.3) is 0 Å². The van der Waals surface area contributed by atoms with Gasteiger partial charge in [-0.1, -0.05) is 42.1 Å². The van der Waals surface area contributed by atoms with Crippen LogP contribution in [0, 0.1) is 0 Å². The number of benzene rings is 2. The Bertz CT molecular complexity index is 1260. The SMILES string of the molecule is COC(=O)C1=C(C)N=C2SC=C(CC(=O)N(C)Cc3ccccc3)N2C1c1cc(OC)ccc1OC. The van der Waals surface area contributed by atoms with Gasteiger partial charge in [0.05, 0.1) is 45.1 Å². The van der Waals surface area contributed by atoms with E-state index in [1.54, 1.807) is 45.2 Å². The van der Waals surface area contributed by atoms with Crippen LogP contribution >= 0.6 is 11.8 Å². The molecule has 0 saturated carbocycles. The van der Waals surface area contributed by atoms with Gasteiger partial charge in [-0.3, -0.25) is 4.79 Å². The van der Waals surface area contributed by atoms with Crippen molar-refractivity contribution in [2.24, 2.45) is 4.99 Å². The number of nitrogens with zero attached hydrogens (tertiary/aromatic N) is 3. The Kier molecular flexibility index (Phi) is 7.69. The average molecular weight is 508 g/mol. The highest BCUT2D eigenvalue weighted by atomic mass is 32.2. The minimum atomic E-state index is -0.608. The third kappa shape index (κ3) is 4.97. The first-order valence-electron chi connectivity index (χ1n) is 11.4. The van der Waals surface area contributed by atoms with Crippen LogP contribution in [-0.4, -0.2) is 55.2 Å². The van der Waals surface area contributed by atoms with Crippen LogP contribution in [0.1, 0.15) is 30.5 Å². The summed E-state index contributed by atoms with van der Waals surface area (Å²) in [4.78, 5) is 34.5. The van der Waals surface area contributed by atoms with Crippen LogP contribution in [0.2, 0.25) is 0 Å². The van der Waals surface area contributed by atoms with Gasteiger partial charge in [-0.2, -0.15) is 0 Å². The van der Waals surface area contributed by atoms with Crippen LogP contribution in [0.15, 0.2) is 75.9 Å². The average Bonchev–Trinajstić information content (AvgIpc) is 3.29. The van der Waals surface area contributed by atoms with Gasteiger partial charge in [0.15, 0.2) is 5.17 Å². The van der Waals surface area contributed by atoms with E-state index in [-0.39, 0.29) is 12.3 Å². The molecule has 0 aromatic heterocycles. The largest absolute Gasteiger partial charge is 0.497 e. The lowest BCUT2D eigenvalue weighted by molar-refractivity contribution is -0.136. The molecule has 4 rings (SSSR count). The molecule has 1 amide bonds. The molecule has 36 heavy (non-hydrogen) atoms. The predicted molar refractivity (Wildman–Crippen MR) is 139 cm³/mol. The summed E-state index contributed by atoms with van der Waals surface area (Å²) in [6, 6.07) is 14.7. The first kappa shape index (κ1) is 25.4. The number of methoxy groups -OCH3 is 3. The molecule has 0 saturated heterocycles. The first-order chi connectivity index (χ1) is 17.4. The van der Waals surface area contributed by atoms with E-state index in [1.165, 1.54) is 18.9 Å². The van der Waals surface area contributed by atoms with Crippen LogP contribution < -0.4 is 9.47 Å². The topological polar surface area (TPSA) is 80.7 Å². The number of amides is 1. The maximum absolute atomic E-state index is 13.2. The second kappa shape index (κ2) is 10.9. The number of hydrogen-bond acceptors (Lipinski definition) is 8. The van der Waals surface area contributed by atoms with Gasteiger partial charge in [0.1, 0.15) is 11.5 Å². The summed E-state index contributed by atoms with van der Waals surface area (Å²) >= 11 is 1.42. The minimum Gasteiger partial charge on any atom is -0.497 e. The monoisotopic (exact) mass is 507 g/mol. The van der Waals surface area contributed by atoms with Crippen LogP contribution in [0.25, 0.3) is 0 Å². The second-order valence-electron chi connectivity index (χ2n) is 8.40. The number of carbonyl (C=O) groups excluding carboxylic acids is 2. The van der Waals surface area contributed by atoms with Crippen LogP contribution in [0.4, 0.5) is 0 Å². The standard InChI is InChI=1S/C27H29N3O5S/c1-17-24(26(32)35-5)25(21-14-20(33-3)11-12-22(21)34-4)30-19(16-36-27(30)28-17)13-23(31)29(2)15-18-9-7-6-8-10-18/h6-12,14,16,25H,13,15H2,1-5H3. The number of allylic oxidation sites excluding steroid dienone is 1. The van der Waals surface area contributed by atoms with Crippen molar-refractivity contribution >= 4 is 28.8 Å². The molecule has 2 aliphatic rings. The van der Waals surface area contributed by atoms with E-state index in [1.807, 2.05) is 46.7 Å². The van der Waals surface area contributed by atoms with Gasteiger partial charge in [-0.15, -0.1) is 0 Å². The number of fused-ring (bicyclic) bond motifs is 1. The Balaban J connectivity index is 1.71. The van der Waals surface area contributed by atoms with E-state index < -0.39 is 12.0 Å². The molecular weight excluding hydrogens is 478 g/mol. The fourth-order valence-electron chi connectivity index (χ4n) is 4.32. The smallest absolute Gasteiger partial charge is 0.338 e. The van der Waals surface area contributed by atoms with E-state index >= 15 is 0 Å². The number of aliphatic imine (C=N–C) groups is 1. The van der Waals surface area contributed by atoms with Crippen molar-refractivity contribution in [2.45, 2.75) is 25.9 Å². The van der Waals surface area contributed by atoms with Crippen LogP contribution in [0.3, 0.4) is 0 Å². The summed E-state index contributed by atoms with van der Waals surface area (Å²) in [7, 11) is 6.30. The molecule has 0 aliphatic carbocycles. The molecule has 2 aromatic carbocycles. The number of hydrogen-bond donors (Lipinski definition) is 0. The molecule has 1 atom stereocenters. The molecule has 0 radical (unpaired) electrons. The fraction of sp³-hybridized carbons (Fsp3) is 0.296. The lowest BCUT2D eigenvalue weighted by Gasteiger charge is -2.37. The minimum absolute atomic E-state index is 0.0470. The maximum Gasteiger partial charge on any atom is 0.338 e. The van der Waals surface area contributed by atoms with Gasteiger partial charge in [0, 0.05) is 24.9 Å². The summed E-state index contributed by atoms with van der Waals surface area (Å²) in [6.45, 7) is 2.29. The molecule has 0 fully saturated rings. The summed E-state index contributed by atoms with van der Waals surface area (Å²) < 4.78 is 16.3. The van der Waals surface area contributed by atoms with Crippen molar-refractivity contribution in [3.63, 3.8) is 0 Å². The summed E-state index contributed by atoms with van der Waals surface area (Å²) in [5.41, 5.74) is 3.44. The molecule has 8 nitrogen and oxygen atoms in total. The van der Waals surface area contributed by atoms with Crippen LogP contribution in [-0.2, 0) is 20.9 Å². The Hall–Kier alpha value is -3.72. The van der Waals surface area contributed by atoms with E-state index in [0.717, 1.165) is 11.3 Å². The number of amidine groups is 1. The van der Waals surface area contributed by atoms with Crippen molar-refractivity contribution in [2.75, 3.05) is 28.4 Å². The van der Waals surface area contributed by atoms with Gasteiger partial charge in [-0.25, -0.2) is 9.79 Å². The number of ether oxygens (including phenoxy) is 3. The highest BCUT2D eigenvalue weighted by Crippen LogP contribution is 2.47. The normalized spacial score (nSPS) is 16.7. The van der Waals surface area contributed by atoms with E-state index in [4.69, 9.17) is 14.2 Å². The first-order valence-corrected chi connectivity index (χ1v) is 12.3. The van der Waals surface area contributed by atoms with Crippen molar-refractivity contribution in [3.05, 3.63) is 82.0 Å². The second-order valence-corrected chi connectivity index (χ2v) is 9.24. The molecule has 0 bridgehead atoms. The highest BCUT2D eigenvalue weighted by Gasteiger charge is 2.42. The van der Waals surface area contributed by atoms with E-state index in [2.05, 4.69) is 4.99 Å². The zero-order valence-corrected chi connectivity index (χ0v) is 21.8. The molecular formula is C27H29N3O5S. The fourth-order valence-corrected chi connectivity index (χ4v) is 5.29. The zero-order chi connectivity index (χ0) is 25.8. The molecule has 2 aliphatic heterocycles. The third-order valence-corrected chi connectivity index (χ3v) is 7.05. The maximum atomic E-state index is 13.2. The van der Waals surface area contributed by atoms with Gasteiger partial charge in [-0.05, 0) is 36.1 Å². The molecule has 0 N–H and O–H groups in total. The number of thioether (sulfide) groups is 1. The highest BCUT2D eigenvalue weighted by molar-refractivity contribution is 8.16. The van der Waals surface area contributed by atoms with E-state index in [0.29, 0.717) is 40.0 Å². The lowest BCUT2D eigenvalue weighted by Crippen LogP contribution is -2.38. The molecule has 0 spiro atoms. The van der Waals surface area contributed by atoms with Gasteiger partial charge in [0.2, 0.25) is 5.91 Å². The van der Waals surface area contributed by atoms with Crippen molar-refractivity contribution in [3.8, 4) is 11.5 Å². The molecule has 1 unspecified atom stereocenters. The zero-order valence-electron chi connectivity index (χ0n) is 21.0. The van der Waals surface area contributed by atoms with Gasteiger partial charge < -0.3 is 24.0 Å². The Morgan fingerprint density at radius 3 is 2.50 bits per heavy atom. The summed E-state index contributed by atoms with van der Waals surface area (Å²) in [5.74, 6) is 0.663. The van der Waals surface area contributed by atoms with Crippen molar-refractivity contribution in [1.29, 1.82) is 0 Å². The predicted octanol–water partition coefficient (Wildman–Crippen LogP) is 4.50. The Morgan fingerprint density at radius 2 is 1.83 bits per heavy atom. The Labute approximate surface area is 215 Å². The lowest BCUT2D eigenvalue weighted by atomic mass is 9.93. The van der Waals surface area contributed by atoms with Gasteiger partial charge >= 0.3 is 5.97 Å². The van der Waals surface area contributed by atoms with E-state index in [9.17, 15) is 9.59 Å². The van der Waals surface area contributed by atoms with Crippen molar-refractivity contribution < 1.29 is 23.8 Å². The number of esters is 1. The molecule has 188 valence electrons. The number of carbonyl (C=O) groups is 2. The molecule has 9 heteroatoms. The Morgan fingerprint density at radius 1 is 1.08 bits per heavy atom. The quantitative estimate of drug-likeness (QED) is 0.487. The summed E-state index contributed by atoms with van der Waals surface area (Å²) in [6.07, 6.45) is 0.144. The van der Waals surface area contributed by atoms with Crippen LogP contribution in [0.5, 0.6) is 11.5 Å². The third-order valence-electron chi connectivity index (χ3n) is 6.16. The number of rotatable bonds is 8.